The fraction of sp³-hybridized carbons (Fsp3) is 0.727. The molecule has 0 radical (unpaired) electrons. The molecule has 0 saturated carbocycles. The monoisotopic (exact) mass is 257 g/mol. The van der Waals surface area contributed by atoms with Gasteiger partial charge < -0.3 is 5.73 Å². The Labute approximate surface area is 102 Å². The van der Waals surface area contributed by atoms with Crippen LogP contribution in [0.5, 0.6) is 0 Å². The van der Waals surface area contributed by atoms with Crippen molar-refractivity contribution < 1.29 is 8.42 Å². The minimum Gasteiger partial charge on any atom is -0.330 e. The minimum atomic E-state index is -2.90. The maximum absolute atomic E-state index is 11.6. The molecule has 1 fully saturated rings. The Morgan fingerprint density at radius 1 is 1.59 bits per heavy atom. The minimum absolute atomic E-state index is 0.209. The van der Waals surface area contributed by atoms with E-state index in [9.17, 15) is 8.42 Å². The highest BCUT2D eigenvalue weighted by atomic mass is 32.2. The number of nitrogens with two attached hydrogens (primary N) is 1. The van der Waals surface area contributed by atoms with E-state index < -0.39 is 9.84 Å². The summed E-state index contributed by atoms with van der Waals surface area (Å²) in [6.45, 7) is 2.35. The fourth-order valence-corrected chi connectivity index (χ4v) is 4.75. The molecule has 96 valence electrons. The molecule has 2 heterocycles. The van der Waals surface area contributed by atoms with Crippen LogP contribution in [0, 0.1) is 12.3 Å². The van der Waals surface area contributed by atoms with Crippen LogP contribution in [0.2, 0.25) is 0 Å². The molecule has 2 rings (SSSR count). The summed E-state index contributed by atoms with van der Waals surface area (Å²) in [5.74, 6) is 0.474. The van der Waals surface area contributed by atoms with Gasteiger partial charge in [0.1, 0.15) is 0 Å². The van der Waals surface area contributed by atoms with Gasteiger partial charge in [-0.3, -0.25) is 4.68 Å². The summed E-state index contributed by atoms with van der Waals surface area (Å²) in [6.07, 6.45) is 1.36. The van der Waals surface area contributed by atoms with Crippen molar-refractivity contribution in [2.75, 3.05) is 18.1 Å². The highest BCUT2D eigenvalue weighted by molar-refractivity contribution is 7.91. The van der Waals surface area contributed by atoms with Crippen molar-refractivity contribution in [3.05, 3.63) is 17.5 Å². The first-order valence-corrected chi connectivity index (χ1v) is 7.58. The summed E-state index contributed by atoms with van der Waals surface area (Å²) >= 11 is 0. The molecule has 0 spiro atoms. The van der Waals surface area contributed by atoms with Crippen LogP contribution in [0.4, 0.5) is 0 Å². The molecule has 2 N–H and O–H groups in total. The van der Waals surface area contributed by atoms with Gasteiger partial charge in [-0.25, -0.2) is 8.42 Å². The Kier molecular flexibility index (Phi) is 3.03. The van der Waals surface area contributed by atoms with Crippen LogP contribution in [-0.2, 0) is 23.3 Å². The molecule has 0 aromatic carbocycles. The van der Waals surface area contributed by atoms with Crippen LogP contribution >= 0.6 is 0 Å². The van der Waals surface area contributed by atoms with Crippen molar-refractivity contribution in [2.45, 2.75) is 19.8 Å². The Balaban J connectivity index is 2.24. The average Bonchev–Trinajstić information content (AvgIpc) is 2.69. The maximum atomic E-state index is 11.6. The highest BCUT2D eigenvalue weighted by Gasteiger charge is 2.41. The molecule has 0 amide bonds. The van der Waals surface area contributed by atoms with Gasteiger partial charge >= 0.3 is 0 Å². The molecule has 17 heavy (non-hydrogen) atoms. The second-order valence-corrected chi connectivity index (χ2v) is 7.31. The van der Waals surface area contributed by atoms with Crippen molar-refractivity contribution >= 4 is 9.84 Å². The molecule has 1 unspecified atom stereocenters. The Morgan fingerprint density at radius 2 is 2.29 bits per heavy atom. The summed E-state index contributed by atoms with van der Waals surface area (Å²) < 4.78 is 25.0. The molecular weight excluding hydrogens is 238 g/mol. The van der Waals surface area contributed by atoms with E-state index in [-0.39, 0.29) is 16.9 Å². The number of hydrogen-bond donors (Lipinski definition) is 1. The third-order valence-electron chi connectivity index (χ3n) is 3.56. The number of hydrogen-bond acceptors (Lipinski definition) is 4. The van der Waals surface area contributed by atoms with E-state index in [1.165, 1.54) is 0 Å². The summed E-state index contributed by atoms with van der Waals surface area (Å²) in [5, 5.41) is 4.28. The molecule has 0 bridgehead atoms. The van der Waals surface area contributed by atoms with Gasteiger partial charge in [0.25, 0.3) is 0 Å². The molecule has 1 aromatic heterocycles. The number of aromatic nitrogens is 2. The van der Waals surface area contributed by atoms with Gasteiger partial charge in [-0.1, -0.05) is 0 Å². The van der Waals surface area contributed by atoms with Crippen LogP contribution < -0.4 is 5.73 Å². The van der Waals surface area contributed by atoms with Gasteiger partial charge in [-0.15, -0.1) is 0 Å². The zero-order chi connectivity index (χ0) is 12.7. The van der Waals surface area contributed by atoms with E-state index in [0.717, 1.165) is 11.4 Å². The van der Waals surface area contributed by atoms with Crippen LogP contribution in [0.3, 0.4) is 0 Å². The summed E-state index contributed by atoms with van der Waals surface area (Å²) in [7, 11) is -1.02. The molecule has 1 aliphatic rings. The van der Waals surface area contributed by atoms with Crippen LogP contribution in [0.15, 0.2) is 6.07 Å². The highest BCUT2D eigenvalue weighted by Crippen LogP contribution is 2.34. The number of sulfone groups is 1. The van der Waals surface area contributed by atoms with E-state index in [2.05, 4.69) is 5.10 Å². The van der Waals surface area contributed by atoms with Crippen molar-refractivity contribution in [3.63, 3.8) is 0 Å². The largest absolute Gasteiger partial charge is 0.330 e. The van der Waals surface area contributed by atoms with Crippen molar-refractivity contribution in [1.29, 1.82) is 0 Å². The molecule has 1 atom stereocenters. The van der Waals surface area contributed by atoms with E-state index in [1.54, 1.807) is 0 Å². The van der Waals surface area contributed by atoms with E-state index in [4.69, 9.17) is 5.73 Å². The third kappa shape index (κ3) is 2.52. The SMILES string of the molecule is Cc1cc(CC2(CN)CCS(=O)(=O)C2)n(C)n1. The third-order valence-corrected chi connectivity index (χ3v) is 5.44. The topological polar surface area (TPSA) is 78.0 Å². The molecule has 1 aromatic rings. The molecule has 1 saturated heterocycles. The van der Waals surface area contributed by atoms with Gasteiger partial charge in [-0.05, 0) is 32.4 Å². The Hall–Kier alpha value is -0.880. The lowest BCUT2D eigenvalue weighted by Gasteiger charge is -2.25. The normalized spacial score (nSPS) is 27.5. The summed E-state index contributed by atoms with van der Waals surface area (Å²) in [6, 6.07) is 2.00. The number of aryl methyl sites for hydroxylation is 2. The van der Waals surface area contributed by atoms with E-state index in [1.807, 2.05) is 24.7 Å². The molecule has 0 aliphatic carbocycles. The van der Waals surface area contributed by atoms with Gasteiger partial charge in [0.2, 0.25) is 0 Å². The lowest BCUT2D eigenvalue weighted by atomic mass is 9.83. The molecular formula is C11H19N3O2S. The quantitative estimate of drug-likeness (QED) is 0.829. The van der Waals surface area contributed by atoms with Crippen molar-refractivity contribution in [3.8, 4) is 0 Å². The maximum Gasteiger partial charge on any atom is 0.150 e. The van der Waals surface area contributed by atoms with E-state index >= 15 is 0 Å². The Morgan fingerprint density at radius 3 is 2.71 bits per heavy atom. The van der Waals surface area contributed by atoms with Crippen LogP contribution in [0.25, 0.3) is 0 Å². The van der Waals surface area contributed by atoms with Crippen LogP contribution in [-0.4, -0.2) is 36.2 Å². The van der Waals surface area contributed by atoms with Gasteiger partial charge in [-0.2, -0.15) is 5.10 Å². The average molecular weight is 257 g/mol. The number of rotatable bonds is 3. The predicted octanol–water partition coefficient (Wildman–Crippen LogP) is 0.0346. The number of nitrogens with zero attached hydrogens (tertiary/aromatic N) is 2. The summed E-state index contributed by atoms with van der Waals surface area (Å²) in [5.41, 5.74) is 7.52. The molecule has 1 aliphatic heterocycles. The standard InChI is InChI=1S/C11H19N3O2S/c1-9-5-10(14(2)13-9)6-11(7-12)3-4-17(15,16)8-11/h5H,3-4,6-8,12H2,1-2H3. The van der Waals surface area contributed by atoms with Crippen LogP contribution in [0.1, 0.15) is 17.8 Å². The van der Waals surface area contributed by atoms with Gasteiger partial charge in [0.15, 0.2) is 9.84 Å². The first kappa shape index (κ1) is 12.6. The molecule has 5 nitrogen and oxygen atoms in total. The van der Waals surface area contributed by atoms with Gasteiger partial charge in [0, 0.05) is 18.2 Å². The zero-order valence-corrected chi connectivity index (χ0v) is 11.1. The van der Waals surface area contributed by atoms with Gasteiger partial charge in [0.05, 0.1) is 17.2 Å². The lowest BCUT2D eigenvalue weighted by Crippen LogP contribution is -2.34. The van der Waals surface area contributed by atoms with Crippen molar-refractivity contribution in [1.82, 2.24) is 9.78 Å². The smallest absolute Gasteiger partial charge is 0.150 e. The van der Waals surface area contributed by atoms with Crippen molar-refractivity contribution in [2.24, 2.45) is 18.2 Å². The second-order valence-electron chi connectivity index (χ2n) is 5.12. The first-order valence-electron chi connectivity index (χ1n) is 5.76. The second kappa shape index (κ2) is 4.10. The van der Waals surface area contributed by atoms with E-state index in [0.29, 0.717) is 19.4 Å². The predicted molar refractivity (Wildman–Crippen MR) is 66.4 cm³/mol. The summed E-state index contributed by atoms with van der Waals surface area (Å²) in [4.78, 5) is 0. The molecule has 6 heteroatoms. The lowest BCUT2D eigenvalue weighted by molar-refractivity contribution is 0.335. The first-order chi connectivity index (χ1) is 7.86. The Bertz CT molecular complexity index is 521. The zero-order valence-electron chi connectivity index (χ0n) is 10.3. The fourth-order valence-electron chi connectivity index (χ4n) is 2.57.